The van der Waals surface area contributed by atoms with Crippen LogP contribution in [0.25, 0.3) is 0 Å². The Bertz CT molecular complexity index is 770. The monoisotopic (exact) mass is 346 g/mol. The van der Waals surface area contributed by atoms with Crippen LogP contribution in [-0.2, 0) is 21.2 Å². The van der Waals surface area contributed by atoms with Crippen LogP contribution in [0.3, 0.4) is 0 Å². The summed E-state index contributed by atoms with van der Waals surface area (Å²) in [6.07, 6.45) is 0.891. The van der Waals surface area contributed by atoms with Gasteiger partial charge >= 0.3 is 0 Å². The standard InChI is InChI=1S/C18H22N2O3S/c1-14(2)20-24(22,23)17-11-8-15(9-12-17)10-13-18(21)19-16-6-4-3-5-7-16/h3-9,11-12,14,20H,10,13H2,1-2H3,(H,19,21). The highest BCUT2D eigenvalue weighted by Crippen LogP contribution is 2.13. The number of amides is 1. The van der Waals surface area contributed by atoms with E-state index in [1.165, 1.54) is 0 Å². The largest absolute Gasteiger partial charge is 0.326 e. The van der Waals surface area contributed by atoms with E-state index in [0.29, 0.717) is 12.8 Å². The summed E-state index contributed by atoms with van der Waals surface area (Å²) in [6, 6.07) is 15.7. The Balaban J connectivity index is 1.91. The van der Waals surface area contributed by atoms with Gasteiger partial charge in [0.05, 0.1) is 4.90 Å². The summed E-state index contributed by atoms with van der Waals surface area (Å²) in [5.41, 5.74) is 1.69. The molecule has 2 aromatic rings. The van der Waals surface area contributed by atoms with E-state index in [4.69, 9.17) is 0 Å². The third kappa shape index (κ3) is 5.47. The van der Waals surface area contributed by atoms with Gasteiger partial charge in [0.15, 0.2) is 0 Å². The van der Waals surface area contributed by atoms with Crippen molar-refractivity contribution in [2.75, 3.05) is 5.32 Å². The zero-order chi connectivity index (χ0) is 17.6. The summed E-state index contributed by atoms with van der Waals surface area (Å²) in [6.45, 7) is 3.55. The van der Waals surface area contributed by atoms with Crippen molar-refractivity contribution in [3.8, 4) is 0 Å². The minimum Gasteiger partial charge on any atom is -0.326 e. The van der Waals surface area contributed by atoms with E-state index in [-0.39, 0.29) is 16.8 Å². The van der Waals surface area contributed by atoms with Crippen molar-refractivity contribution >= 4 is 21.6 Å². The maximum atomic E-state index is 12.0. The highest BCUT2D eigenvalue weighted by Gasteiger charge is 2.14. The first kappa shape index (κ1) is 18.2. The molecule has 0 fully saturated rings. The average molecular weight is 346 g/mol. The van der Waals surface area contributed by atoms with E-state index in [0.717, 1.165) is 11.3 Å². The zero-order valence-electron chi connectivity index (χ0n) is 13.8. The number of hydrogen-bond donors (Lipinski definition) is 2. The van der Waals surface area contributed by atoms with Crippen LogP contribution in [0, 0.1) is 0 Å². The van der Waals surface area contributed by atoms with Crippen molar-refractivity contribution in [2.45, 2.75) is 37.6 Å². The second kappa shape index (κ2) is 8.08. The van der Waals surface area contributed by atoms with Gasteiger partial charge in [-0.05, 0) is 50.1 Å². The molecule has 0 aromatic heterocycles. The SMILES string of the molecule is CC(C)NS(=O)(=O)c1ccc(CCC(=O)Nc2ccccc2)cc1. The maximum absolute atomic E-state index is 12.0. The summed E-state index contributed by atoms with van der Waals surface area (Å²) in [7, 11) is -3.48. The van der Waals surface area contributed by atoms with Crippen LogP contribution < -0.4 is 10.0 Å². The third-order valence-corrected chi connectivity index (χ3v) is 5.00. The van der Waals surface area contributed by atoms with Gasteiger partial charge in [0, 0.05) is 18.2 Å². The fraction of sp³-hybridized carbons (Fsp3) is 0.278. The summed E-state index contributed by atoms with van der Waals surface area (Å²) < 4.78 is 26.6. The lowest BCUT2D eigenvalue weighted by molar-refractivity contribution is -0.116. The Kier molecular flexibility index (Phi) is 6.11. The summed E-state index contributed by atoms with van der Waals surface area (Å²) in [5, 5.41) is 2.82. The van der Waals surface area contributed by atoms with Gasteiger partial charge < -0.3 is 5.32 Å². The lowest BCUT2D eigenvalue weighted by Gasteiger charge is -2.10. The summed E-state index contributed by atoms with van der Waals surface area (Å²) in [5.74, 6) is -0.0700. The molecule has 0 saturated heterocycles. The Labute approximate surface area is 143 Å². The van der Waals surface area contributed by atoms with Crippen molar-refractivity contribution in [3.05, 3.63) is 60.2 Å². The van der Waals surface area contributed by atoms with Gasteiger partial charge in [-0.15, -0.1) is 0 Å². The minimum atomic E-state index is -3.48. The zero-order valence-corrected chi connectivity index (χ0v) is 14.6. The van der Waals surface area contributed by atoms with Crippen LogP contribution in [0.15, 0.2) is 59.5 Å². The molecule has 2 aromatic carbocycles. The molecule has 0 bridgehead atoms. The number of nitrogens with one attached hydrogen (secondary N) is 2. The number of rotatable bonds is 7. The van der Waals surface area contributed by atoms with E-state index in [1.807, 2.05) is 30.3 Å². The van der Waals surface area contributed by atoms with Crippen molar-refractivity contribution in [1.82, 2.24) is 4.72 Å². The van der Waals surface area contributed by atoms with Crippen molar-refractivity contribution in [1.29, 1.82) is 0 Å². The second-order valence-electron chi connectivity index (χ2n) is 5.83. The molecule has 0 aliphatic carbocycles. The Morgan fingerprint density at radius 3 is 2.21 bits per heavy atom. The third-order valence-electron chi connectivity index (χ3n) is 3.32. The van der Waals surface area contributed by atoms with Crippen molar-refractivity contribution in [3.63, 3.8) is 0 Å². The minimum absolute atomic E-state index is 0.0700. The van der Waals surface area contributed by atoms with Gasteiger partial charge in [0.25, 0.3) is 0 Å². The summed E-state index contributed by atoms with van der Waals surface area (Å²) >= 11 is 0. The highest BCUT2D eigenvalue weighted by molar-refractivity contribution is 7.89. The van der Waals surface area contributed by atoms with Crippen LogP contribution >= 0.6 is 0 Å². The van der Waals surface area contributed by atoms with Gasteiger partial charge in [0.1, 0.15) is 0 Å². The number of para-hydroxylation sites is 1. The molecule has 0 atom stereocenters. The van der Waals surface area contributed by atoms with E-state index < -0.39 is 10.0 Å². The quantitative estimate of drug-likeness (QED) is 0.809. The Morgan fingerprint density at radius 1 is 1.00 bits per heavy atom. The first-order valence-electron chi connectivity index (χ1n) is 7.83. The predicted octanol–water partition coefficient (Wildman–Crippen LogP) is 2.94. The van der Waals surface area contributed by atoms with Crippen LogP contribution in [0.4, 0.5) is 5.69 Å². The van der Waals surface area contributed by atoms with Gasteiger partial charge in [0.2, 0.25) is 15.9 Å². The van der Waals surface area contributed by atoms with E-state index in [9.17, 15) is 13.2 Å². The van der Waals surface area contributed by atoms with Gasteiger partial charge in [-0.3, -0.25) is 4.79 Å². The lowest BCUT2D eigenvalue weighted by atomic mass is 10.1. The normalized spacial score (nSPS) is 11.5. The molecule has 0 aliphatic heterocycles. The van der Waals surface area contributed by atoms with Crippen LogP contribution in [0.5, 0.6) is 0 Å². The number of carbonyl (C=O) groups excluding carboxylic acids is 1. The van der Waals surface area contributed by atoms with Gasteiger partial charge in [-0.2, -0.15) is 0 Å². The van der Waals surface area contributed by atoms with Crippen molar-refractivity contribution < 1.29 is 13.2 Å². The second-order valence-corrected chi connectivity index (χ2v) is 7.55. The molecular formula is C18H22N2O3S. The first-order valence-corrected chi connectivity index (χ1v) is 9.31. The Morgan fingerprint density at radius 2 is 1.62 bits per heavy atom. The van der Waals surface area contributed by atoms with Crippen LogP contribution in [0.2, 0.25) is 0 Å². The predicted molar refractivity (Wildman–Crippen MR) is 95.3 cm³/mol. The van der Waals surface area contributed by atoms with E-state index >= 15 is 0 Å². The Hall–Kier alpha value is -2.18. The summed E-state index contributed by atoms with van der Waals surface area (Å²) in [4.78, 5) is 12.1. The number of benzene rings is 2. The highest BCUT2D eigenvalue weighted by atomic mass is 32.2. The smallest absolute Gasteiger partial charge is 0.240 e. The molecule has 0 radical (unpaired) electrons. The number of anilines is 1. The van der Waals surface area contributed by atoms with Crippen LogP contribution in [-0.4, -0.2) is 20.4 Å². The molecular weight excluding hydrogens is 324 g/mol. The molecule has 5 nitrogen and oxygen atoms in total. The molecule has 0 unspecified atom stereocenters. The molecule has 0 saturated carbocycles. The molecule has 128 valence electrons. The molecule has 2 N–H and O–H groups in total. The lowest BCUT2D eigenvalue weighted by Crippen LogP contribution is -2.30. The number of hydrogen-bond acceptors (Lipinski definition) is 3. The number of sulfonamides is 1. The molecule has 6 heteroatoms. The molecule has 1 amide bonds. The molecule has 2 rings (SSSR count). The first-order chi connectivity index (χ1) is 11.4. The maximum Gasteiger partial charge on any atom is 0.240 e. The number of carbonyl (C=O) groups is 1. The molecule has 0 spiro atoms. The molecule has 0 aliphatic rings. The fourth-order valence-corrected chi connectivity index (χ4v) is 3.47. The van der Waals surface area contributed by atoms with Gasteiger partial charge in [-0.1, -0.05) is 30.3 Å². The molecule has 24 heavy (non-hydrogen) atoms. The molecule has 0 heterocycles. The number of aryl methyl sites for hydroxylation is 1. The average Bonchev–Trinajstić information content (AvgIpc) is 2.53. The van der Waals surface area contributed by atoms with E-state index in [2.05, 4.69) is 10.0 Å². The van der Waals surface area contributed by atoms with Crippen molar-refractivity contribution in [2.24, 2.45) is 0 Å². The van der Waals surface area contributed by atoms with E-state index in [1.54, 1.807) is 38.1 Å². The fourth-order valence-electron chi connectivity index (χ4n) is 2.22. The van der Waals surface area contributed by atoms with Crippen LogP contribution in [0.1, 0.15) is 25.8 Å². The topological polar surface area (TPSA) is 75.3 Å². The van der Waals surface area contributed by atoms with Gasteiger partial charge in [-0.25, -0.2) is 13.1 Å².